The van der Waals surface area contributed by atoms with E-state index >= 15 is 0 Å². The minimum absolute atomic E-state index is 0.0623. The molecule has 1 amide bonds. The molecule has 1 aromatic rings. The number of hydrogen-bond acceptors (Lipinski definition) is 5. The van der Waals surface area contributed by atoms with E-state index in [1.165, 1.54) is 19.4 Å². The lowest BCUT2D eigenvalue weighted by Gasteiger charge is -2.40. The van der Waals surface area contributed by atoms with Gasteiger partial charge in [-0.3, -0.25) is 9.69 Å². The number of aromatic nitrogens is 2. The fraction of sp³-hybridized carbons (Fsp3) is 0.706. The molecule has 1 aromatic heterocycles. The van der Waals surface area contributed by atoms with Crippen molar-refractivity contribution in [3.05, 3.63) is 24.0 Å². The van der Waals surface area contributed by atoms with Gasteiger partial charge in [0.15, 0.2) is 0 Å². The molecular weight excluding hydrogens is 292 g/mol. The summed E-state index contributed by atoms with van der Waals surface area (Å²) in [5, 5.41) is 7.56. The van der Waals surface area contributed by atoms with Crippen LogP contribution in [0.3, 0.4) is 0 Å². The number of rotatable bonds is 3. The second-order valence-electron chi connectivity index (χ2n) is 6.92. The van der Waals surface area contributed by atoms with Crippen LogP contribution in [-0.4, -0.2) is 70.8 Å². The molecule has 3 heterocycles. The summed E-state index contributed by atoms with van der Waals surface area (Å²) in [4.78, 5) is 17.2. The molecule has 0 N–H and O–H groups in total. The SMILES string of the molecule is O=C(c1ccnnc1)N1CCC2OCCN(CC3CC3)C2CC1. The van der Waals surface area contributed by atoms with Crippen molar-refractivity contribution in [1.82, 2.24) is 20.0 Å². The fourth-order valence-corrected chi connectivity index (χ4v) is 3.82. The molecule has 124 valence electrons. The summed E-state index contributed by atoms with van der Waals surface area (Å²) in [7, 11) is 0. The van der Waals surface area contributed by atoms with Crippen molar-refractivity contribution in [3.8, 4) is 0 Å². The molecule has 2 saturated heterocycles. The normalized spacial score (nSPS) is 29.0. The van der Waals surface area contributed by atoms with Crippen LogP contribution < -0.4 is 0 Å². The van der Waals surface area contributed by atoms with Crippen molar-refractivity contribution < 1.29 is 9.53 Å². The lowest BCUT2D eigenvalue weighted by Crippen LogP contribution is -2.51. The number of fused-ring (bicyclic) bond motifs is 1. The number of likely N-dealkylation sites (tertiary alicyclic amines) is 1. The van der Waals surface area contributed by atoms with Crippen LogP contribution in [0, 0.1) is 5.92 Å². The van der Waals surface area contributed by atoms with Gasteiger partial charge in [-0.2, -0.15) is 10.2 Å². The smallest absolute Gasteiger partial charge is 0.255 e. The first-order valence-corrected chi connectivity index (χ1v) is 8.73. The first kappa shape index (κ1) is 15.0. The molecule has 2 unspecified atom stereocenters. The van der Waals surface area contributed by atoms with E-state index in [1.54, 1.807) is 18.5 Å². The summed E-state index contributed by atoms with van der Waals surface area (Å²) in [6.45, 7) is 4.65. The average Bonchev–Trinajstić information content (AvgIpc) is 3.42. The van der Waals surface area contributed by atoms with Gasteiger partial charge in [0.2, 0.25) is 0 Å². The van der Waals surface area contributed by atoms with Crippen LogP contribution in [0.5, 0.6) is 0 Å². The van der Waals surface area contributed by atoms with Crippen LogP contribution in [-0.2, 0) is 4.74 Å². The zero-order valence-corrected chi connectivity index (χ0v) is 13.4. The Morgan fingerprint density at radius 1 is 1.17 bits per heavy atom. The zero-order chi connectivity index (χ0) is 15.6. The number of hydrogen-bond donors (Lipinski definition) is 0. The Hall–Kier alpha value is -1.53. The standard InChI is InChI=1S/C17H24N4O2/c22-17(14-3-6-18-19-11-14)20-7-4-15-16(5-8-20)23-10-9-21(15)12-13-1-2-13/h3,6,11,13,15-16H,1-2,4-5,7-10,12H2. The maximum absolute atomic E-state index is 12.6. The lowest BCUT2D eigenvalue weighted by molar-refractivity contribution is -0.0727. The van der Waals surface area contributed by atoms with E-state index in [4.69, 9.17) is 4.74 Å². The first-order chi connectivity index (χ1) is 11.3. The fourth-order valence-electron chi connectivity index (χ4n) is 3.82. The number of carbonyl (C=O) groups excluding carboxylic acids is 1. The second kappa shape index (κ2) is 6.53. The minimum atomic E-state index is 0.0623. The number of nitrogens with zero attached hydrogens (tertiary/aromatic N) is 4. The van der Waals surface area contributed by atoms with Crippen molar-refractivity contribution >= 4 is 5.91 Å². The zero-order valence-electron chi connectivity index (χ0n) is 13.4. The van der Waals surface area contributed by atoms with Crippen molar-refractivity contribution in [2.24, 2.45) is 5.92 Å². The summed E-state index contributed by atoms with van der Waals surface area (Å²) in [5.74, 6) is 0.963. The van der Waals surface area contributed by atoms with Gasteiger partial charge in [0.1, 0.15) is 0 Å². The highest BCUT2D eigenvalue weighted by molar-refractivity contribution is 5.93. The van der Waals surface area contributed by atoms with E-state index in [1.807, 2.05) is 4.90 Å². The molecule has 6 nitrogen and oxygen atoms in total. The third-order valence-electron chi connectivity index (χ3n) is 5.29. The maximum atomic E-state index is 12.6. The average molecular weight is 316 g/mol. The van der Waals surface area contributed by atoms with Crippen molar-refractivity contribution in [3.63, 3.8) is 0 Å². The van der Waals surface area contributed by atoms with Crippen LogP contribution in [0.1, 0.15) is 36.0 Å². The van der Waals surface area contributed by atoms with E-state index in [2.05, 4.69) is 15.1 Å². The second-order valence-corrected chi connectivity index (χ2v) is 6.92. The summed E-state index contributed by atoms with van der Waals surface area (Å²) < 4.78 is 6.03. The molecule has 0 aromatic carbocycles. The Balaban J connectivity index is 1.43. The van der Waals surface area contributed by atoms with Gasteiger partial charge in [0, 0.05) is 32.2 Å². The van der Waals surface area contributed by atoms with Gasteiger partial charge in [0.25, 0.3) is 5.91 Å². The van der Waals surface area contributed by atoms with Gasteiger partial charge < -0.3 is 9.64 Å². The molecule has 23 heavy (non-hydrogen) atoms. The summed E-state index contributed by atoms with van der Waals surface area (Å²) in [6.07, 6.45) is 8.10. The van der Waals surface area contributed by atoms with Gasteiger partial charge in [-0.1, -0.05) is 0 Å². The van der Waals surface area contributed by atoms with E-state index in [0.717, 1.165) is 45.0 Å². The predicted octanol–water partition coefficient (Wildman–Crippen LogP) is 1.19. The third kappa shape index (κ3) is 3.38. The van der Waals surface area contributed by atoms with Gasteiger partial charge in [-0.05, 0) is 37.7 Å². The van der Waals surface area contributed by atoms with Gasteiger partial charge >= 0.3 is 0 Å². The molecule has 3 aliphatic rings. The summed E-state index contributed by atoms with van der Waals surface area (Å²) in [5.41, 5.74) is 0.626. The molecule has 0 radical (unpaired) electrons. The number of ether oxygens (including phenoxy) is 1. The minimum Gasteiger partial charge on any atom is -0.375 e. The Bertz CT molecular complexity index is 549. The highest BCUT2D eigenvalue weighted by Crippen LogP contribution is 2.33. The molecule has 2 atom stereocenters. The van der Waals surface area contributed by atoms with Gasteiger partial charge in [-0.15, -0.1) is 0 Å². The Labute approximate surface area is 136 Å². The van der Waals surface area contributed by atoms with Crippen molar-refractivity contribution in [2.75, 3.05) is 32.8 Å². The Morgan fingerprint density at radius 2 is 2.04 bits per heavy atom. The predicted molar refractivity (Wildman–Crippen MR) is 85.0 cm³/mol. The van der Waals surface area contributed by atoms with Gasteiger partial charge in [0.05, 0.1) is 30.7 Å². The summed E-state index contributed by atoms with van der Waals surface area (Å²) in [6, 6.07) is 2.21. The van der Waals surface area contributed by atoms with Crippen molar-refractivity contribution in [2.45, 2.75) is 37.8 Å². The molecule has 3 fully saturated rings. The number of amides is 1. The Kier molecular flexibility index (Phi) is 4.27. The van der Waals surface area contributed by atoms with Crippen molar-refractivity contribution in [1.29, 1.82) is 0 Å². The van der Waals surface area contributed by atoms with E-state index in [0.29, 0.717) is 11.6 Å². The Morgan fingerprint density at radius 3 is 2.83 bits per heavy atom. The van der Waals surface area contributed by atoms with E-state index in [9.17, 15) is 4.79 Å². The molecule has 0 spiro atoms. The molecule has 2 aliphatic heterocycles. The van der Waals surface area contributed by atoms with E-state index in [-0.39, 0.29) is 12.0 Å². The molecule has 0 bridgehead atoms. The highest BCUT2D eigenvalue weighted by Gasteiger charge is 2.37. The maximum Gasteiger partial charge on any atom is 0.255 e. The summed E-state index contributed by atoms with van der Waals surface area (Å²) >= 11 is 0. The number of morpholine rings is 1. The van der Waals surface area contributed by atoms with Crippen LogP contribution in [0.15, 0.2) is 18.5 Å². The molecule has 4 rings (SSSR count). The quantitative estimate of drug-likeness (QED) is 0.838. The monoisotopic (exact) mass is 316 g/mol. The third-order valence-corrected chi connectivity index (χ3v) is 5.29. The van der Waals surface area contributed by atoms with Crippen LogP contribution in [0.2, 0.25) is 0 Å². The molecule has 6 heteroatoms. The lowest BCUT2D eigenvalue weighted by atomic mass is 10.0. The van der Waals surface area contributed by atoms with Crippen LogP contribution in [0.4, 0.5) is 0 Å². The van der Waals surface area contributed by atoms with Crippen LogP contribution >= 0.6 is 0 Å². The molecular formula is C17H24N4O2. The molecule has 1 aliphatic carbocycles. The first-order valence-electron chi connectivity index (χ1n) is 8.73. The highest BCUT2D eigenvalue weighted by atomic mass is 16.5. The largest absolute Gasteiger partial charge is 0.375 e. The van der Waals surface area contributed by atoms with Crippen LogP contribution in [0.25, 0.3) is 0 Å². The van der Waals surface area contributed by atoms with Gasteiger partial charge in [-0.25, -0.2) is 0 Å². The topological polar surface area (TPSA) is 58.6 Å². The number of carbonyl (C=O) groups is 1. The molecule has 1 saturated carbocycles. The van der Waals surface area contributed by atoms with E-state index < -0.39 is 0 Å².